The van der Waals surface area contributed by atoms with Gasteiger partial charge in [0, 0.05) is 11.3 Å². The van der Waals surface area contributed by atoms with E-state index in [-0.39, 0.29) is 27.9 Å². The Morgan fingerprint density at radius 3 is 1.82 bits per heavy atom. The second-order valence-corrected chi connectivity index (χ2v) is 13.9. The van der Waals surface area contributed by atoms with Gasteiger partial charge >= 0.3 is 0 Å². The molecule has 0 saturated carbocycles. The highest BCUT2D eigenvalue weighted by atomic mass is 35.5. The maximum Gasteiger partial charge on any atom is 0.296 e. The number of anilines is 5. The molecule has 0 radical (unpaired) electrons. The van der Waals surface area contributed by atoms with Gasteiger partial charge in [0.1, 0.15) is 14.7 Å². The molecule has 45 heavy (non-hydrogen) atoms. The van der Waals surface area contributed by atoms with Crippen molar-refractivity contribution in [2.75, 3.05) is 16.4 Å². The Morgan fingerprint density at radius 1 is 0.644 bits per heavy atom. The van der Waals surface area contributed by atoms with Gasteiger partial charge in [0.15, 0.2) is 11.6 Å². The van der Waals surface area contributed by atoms with Crippen LogP contribution in [-0.4, -0.2) is 65.4 Å². The third kappa shape index (κ3) is 6.04. The maximum atomic E-state index is 13.8. The Bertz CT molecular complexity index is 2310. The van der Waals surface area contributed by atoms with Crippen molar-refractivity contribution in [3.05, 3.63) is 75.3 Å². The van der Waals surface area contributed by atoms with Gasteiger partial charge in [-0.05, 0) is 53.5 Å². The first kappa shape index (κ1) is 32.1. The molecule has 1 aliphatic carbocycles. The molecule has 234 valence electrons. The van der Waals surface area contributed by atoms with Crippen LogP contribution in [-0.2, 0) is 30.4 Å². The number of nitrogen functional groups attached to an aromatic ring is 1. The molecule has 0 unspecified atom stereocenters. The zero-order chi connectivity index (χ0) is 33.2. The summed E-state index contributed by atoms with van der Waals surface area (Å²) in [6.07, 6.45) is 0. The third-order valence-corrected chi connectivity index (χ3v) is 9.22. The number of benzene rings is 3. The highest BCUT2D eigenvalue weighted by Crippen LogP contribution is 2.42. The summed E-state index contributed by atoms with van der Waals surface area (Å²) in [5.41, 5.74) is 1.18. The summed E-state index contributed by atoms with van der Waals surface area (Å²) in [6.45, 7) is 0. The van der Waals surface area contributed by atoms with E-state index < -0.39 is 90.2 Å². The molecule has 0 spiro atoms. The molecular weight excluding hydrogens is 703 g/mol. The van der Waals surface area contributed by atoms with Crippen LogP contribution in [0.15, 0.2) is 57.2 Å². The number of carbonyl (C=O) groups is 2. The number of hydrogen-bond acceptors (Lipinski definition) is 14. The van der Waals surface area contributed by atoms with E-state index in [4.69, 9.17) is 28.9 Å². The van der Waals surface area contributed by atoms with Crippen molar-refractivity contribution in [3.8, 4) is 0 Å². The molecule has 0 aliphatic heterocycles. The molecule has 1 aliphatic rings. The molecule has 1 heterocycles. The van der Waals surface area contributed by atoms with Crippen LogP contribution >= 0.6 is 23.2 Å². The van der Waals surface area contributed by atoms with E-state index in [1.54, 1.807) is 0 Å². The largest absolute Gasteiger partial charge is 0.397 e. The summed E-state index contributed by atoms with van der Waals surface area (Å²) >= 11 is 11.5. The number of fused-ring (bicyclic) bond motifs is 2. The molecule has 0 saturated heterocycles. The second kappa shape index (κ2) is 11.0. The van der Waals surface area contributed by atoms with Crippen molar-refractivity contribution in [3.63, 3.8) is 0 Å². The fourth-order valence-electron chi connectivity index (χ4n) is 4.46. The third-order valence-electron chi connectivity index (χ3n) is 6.20. The molecule has 5 rings (SSSR count). The van der Waals surface area contributed by atoms with E-state index in [0.717, 1.165) is 36.4 Å². The lowest BCUT2D eigenvalue weighted by Gasteiger charge is -2.24. The van der Waals surface area contributed by atoms with Crippen LogP contribution in [0.1, 0.15) is 31.8 Å². The average Bonchev–Trinajstić information content (AvgIpc) is 2.90. The van der Waals surface area contributed by atoms with E-state index in [1.165, 1.54) is 0 Å². The molecule has 0 atom stereocenters. The van der Waals surface area contributed by atoms with Gasteiger partial charge < -0.3 is 16.4 Å². The monoisotopic (exact) mass is 716 g/mol. The first-order valence-electron chi connectivity index (χ1n) is 11.6. The summed E-state index contributed by atoms with van der Waals surface area (Å²) in [5, 5.41) is 4.29. The molecular formula is C23H14Cl2N6O11S3. The number of nitrogens with one attached hydrogen (secondary N) is 2. The summed E-state index contributed by atoms with van der Waals surface area (Å²) in [4.78, 5) is 35.5. The van der Waals surface area contributed by atoms with Crippen LogP contribution in [0.25, 0.3) is 0 Å². The van der Waals surface area contributed by atoms with Gasteiger partial charge in [0.2, 0.25) is 16.5 Å². The molecule has 3 aromatic carbocycles. The Hall–Kier alpha value is -4.28. The number of halogens is 2. The van der Waals surface area contributed by atoms with Crippen LogP contribution in [0.2, 0.25) is 10.6 Å². The molecule has 1 aromatic heterocycles. The van der Waals surface area contributed by atoms with Crippen LogP contribution in [0.4, 0.5) is 28.7 Å². The quantitative estimate of drug-likeness (QED) is 0.104. The fraction of sp³-hybridized carbons (Fsp3) is 0. The van der Waals surface area contributed by atoms with Crippen molar-refractivity contribution >= 4 is 93.8 Å². The van der Waals surface area contributed by atoms with Crippen molar-refractivity contribution in [1.82, 2.24) is 15.0 Å². The van der Waals surface area contributed by atoms with E-state index in [2.05, 4.69) is 25.6 Å². The molecule has 4 aromatic rings. The van der Waals surface area contributed by atoms with Crippen molar-refractivity contribution in [2.45, 2.75) is 14.7 Å². The Kier molecular flexibility index (Phi) is 7.82. The van der Waals surface area contributed by atoms with E-state index >= 15 is 0 Å². The zero-order valence-electron chi connectivity index (χ0n) is 21.5. The van der Waals surface area contributed by atoms with Gasteiger partial charge in [-0.3, -0.25) is 23.2 Å². The van der Waals surface area contributed by atoms with Crippen LogP contribution in [0.5, 0.6) is 0 Å². The summed E-state index contributed by atoms with van der Waals surface area (Å²) in [6, 6.07) is 6.62. The second-order valence-electron chi connectivity index (χ2n) is 9.01. The fourth-order valence-corrected chi connectivity index (χ4v) is 6.86. The van der Waals surface area contributed by atoms with E-state index in [9.17, 15) is 48.5 Å². The normalized spacial score (nSPS) is 13.3. The van der Waals surface area contributed by atoms with Gasteiger partial charge in [-0.25, -0.2) is 0 Å². The van der Waals surface area contributed by atoms with Crippen molar-refractivity contribution in [2.24, 2.45) is 0 Å². The lowest BCUT2D eigenvalue weighted by atomic mass is 9.82. The summed E-state index contributed by atoms with van der Waals surface area (Å²) in [5.74, 6) is -2.67. The number of nitrogens with zero attached hydrogens (tertiary/aromatic N) is 3. The maximum absolute atomic E-state index is 13.8. The van der Waals surface area contributed by atoms with Gasteiger partial charge in [-0.15, -0.1) is 0 Å². The van der Waals surface area contributed by atoms with Crippen LogP contribution < -0.4 is 16.4 Å². The molecule has 22 heteroatoms. The average molecular weight is 718 g/mol. The van der Waals surface area contributed by atoms with Gasteiger partial charge in [0.25, 0.3) is 30.4 Å². The minimum Gasteiger partial charge on any atom is -0.397 e. The number of ketones is 2. The van der Waals surface area contributed by atoms with E-state index in [1.807, 2.05) is 0 Å². The molecule has 0 fully saturated rings. The van der Waals surface area contributed by atoms with Gasteiger partial charge in [-0.1, -0.05) is 12.1 Å². The van der Waals surface area contributed by atoms with Gasteiger partial charge in [-0.2, -0.15) is 40.2 Å². The molecule has 0 amide bonds. The number of aromatic nitrogens is 3. The number of nitrogens with two attached hydrogens (primary N) is 1. The molecule has 0 bridgehead atoms. The van der Waals surface area contributed by atoms with Crippen LogP contribution in [0.3, 0.4) is 0 Å². The smallest absolute Gasteiger partial charge is 0.296 e. The predicted molar refractivity (Wildman–Crippen MR) is 156 cm³/mol. The summed E-state index contributed by atoms with van der Waals surface area (Å²) < 4.78 is 103. The number of carbonyl (C=O) groups excluding carboxylic acids is 2. The Labute approximate surface area is 262 Å². The summed E-state index contributed by atoms with van der Waals surface area (Å²) in [7, 11) is -15.3. The minimum atomic E-state index is -5.16. The zero-order valence-corrected chi connectivity index (χ0v) is 25.5. The standard InChI is InChI=1S/C23H14Cl2N6O11S3/c24-21-29-22(25)31-23(30-21)28-10-5-4-8(6-13(10)44(37,38)39)27-11-7-14(45(40,41)42)18(26)17-16(11)20(33)15-9(19(17)32)2-1-3-12(15)43(34,35)36/h1-7,27H,26H2,(H,34,35,36)(H,37,38,39)(H,40,41,42)(H,28,29,30,31). The van der Waals surface area contributed by atoms with E-state index in [0.29, 0.717) is 6.07 Å². The van der Waals surface area contributed by atoms with Gasteiger partial charge in [0.05, 0.1) is 33.8 Å². The predicted octanol–water partition coefficient (Wildman–Crippen LogP) is 2.76. The Balaban J connectivity index is 1.72. The van der Waals surface area contributed by atoms with Crippen molar-refractivity contribution < 1.29 is 48.5 Å². The SMILES string of the molecule is Nc1c(S(=O)(=O)O)cc(Nc2ccc(Nc3nc(Cl)nc(Cl)n3)c(S(=O)(=O)O)c2)c2c1C(=O)c1cccc(S(=O)(=O)O)c1C2=O. The molecule has 7 N–H and O–H groups in total. The highest BCUT2D eigenvalue weighted by Gasteiger charge is 2.39. The number of rotatable bonds is 7. The van der Waals surface area contributed by atoms with Crippen molar-refractivity contribution in [1.29, 1.82) is 0 Å². The first-order valence-corrected chi connectivity index (χ1v) is 16.7. The highest BCUT2D eigenvalue weighted by molar-refractivity contribution is 7.86. The lowest BCUT2D eigenvalue weighted by Crippen LogP contribution is -2.27. The topological polar surface area (TPSA) is 286 Å². The number of hydrogen-bond donors (Lipinski definition) is 6. The van der Waals surface area contributed by atoms with Crippen LogP contribution in [0, 0.1) is 0 Å². The Morgan fingerprint density at radius 2 is 1.24 bits per heavy atom. The first-order chi connectivity index (χ1) is 20.8. The lowest BCUT2D eigenvalue weighted by molar-refractivity contribution is 0.0977. The molecule has 17 nitrogen and oxygen atoms in total. The minimum absolute atomic E-state index is 0.262.